The third-order valence-electron chi connectivity index (χ3n) is 1.74. The number of carbonyl (C=O) groups is 2. The standard InChI is InChI=1S/C10H18O4/c1-7(11)14-6-8(12)5-9(13)10(2,3)4/h8,12H,5-6H2,1-4H3. The van der Waals surface area contributed by atoms with Gasteiger partial charge >= 0.3 is 5.97 Å². The largest absolute Gasteiger partial charge is 0.463 e. The van der Waals surface area contributed by atoms with Gasteiger partial charge in [-0.15, -0.1) is 0 Å². The van der Waals surface area contributed by atoms with Gasteiger partial charge in [-0.2, -0.15) is 0 Å². The Balaban J connectivity index is 3.89. The second-order valence-corrected chi connectivity index (χ2v) is 4.33. The van der Waals surface area contributed by atoms with E-state index in [0.717, 1.165) is 0 Å². The van der Waals surface area contributed by atoms with Crippen LogP contribution in [0.3, 0.4) is 0 Å². The Hall–Kier alpha value is -0.900. The summed E-state index contributed by atoms with van der Waals surface area (Å²) < 4.78 is 4.58. The lowest BCUT2D eigenvalue weighted by Gasteiger charge is -2.18. The van der Waals surface area contributed by atoms with Crippen molar-refractivity contribution in [2.45, 2.75) is 40.2 Å². The molecule has 4 nitrogen and oxygen atoms in total. The average Bonchev–Trinajstić information content (AvgIpc) is 1.99. The summed E-state index contributed by atoms with van der Waals surface area (Å²) in [5, 5.41) is 9.33. The molecule has 0 aliphatic heterocycles. The third-order valence-corrected chi connectivity index (χ3v) is 1.74. The van der Waals surface area contributed by atoms with E-state index in [0.29, 0.717) is 0 Å². The maximum atomic E-state index is 11.4. The molecule has 1 N–H and O–H groups in total. The molecule has 0 radical (unpaired) electrons. The molecule has 0 rings (SSSR count). The lowest BCUT2D eigenvalue weighted by Crippen LogP contribution is -2.28. The molecule has 0 aromatic heterocycles. The maximum absolute atomic E-state index is 11.4. The summed E-state index contributed by atoms with van der Waals surface area (Å²) in [6.07, 6.45) is -0.873. The summed E-state index contributed by atoms with van der Waals surface area (Å²) in [5.41, 5.74) is -0.461. The van der Waals surface area contributed by atoms with Crippen molar-refractivity contribution in [2.24, 2.45) is 5.41 Å². The van der Waals surface area contributed by atoms with Gasteiger partial charge in [0.05, 0.1) is 6.10 Å². The van der Waals surface area contributed by atoms with Crippen LogP contribution >= 0.6 is 0 Å². The fraction of sp³-hybridized carbons (Fsp3) is 0.800. The predicted octanol–water partition coefficient (Wildman–Crippen LogP) is 0.916. The van der Waals surface area contributed by atoms with Crippen molar-refractivity contribution in [3.05, 3.63) is 0 Å². The van der Waals surface area contributed by atoms with E-state index in [-0.39, 0.29) is 18.8 Å². The van der Waals surface area contributed by atoms with Crippen molar-refractivity contribution < 1.29 is 19.4 Å². The molecule has 0 aromatic carbocycles. The lowest BCUT2D eigenvalue weighted by atomic mass is 9.88. The van der Waals surface area contributed by atoms with Crippen molar-refractivity contribution in [1.82, 2.24) is 0 Å². The van der Waals surface area contributed by atoms with E-state index in [9.17, 15) is 14.7 Å². The Morgan fingerprint density at radius 3 is 2.21 bits per heavy atom. The molecule has 0 saturated carbocycles. The molecule has 0 aliphatic rings. The number of hydrogen-bond acceptors (Lipinski definition) is 4. The molecule has 0 heterocycles. The molecule has 14 heavy (non-hydrogen) atoms. The van der Waals surface area contributed by atoms with Gasteiger partial charge in [0.1, 0.15) is 12.4 Å². The summed E-state index contributed by atoms with van der Waals surface area (Å²) >= 11 is 0. The van der Waals surface area contributed by atoms with Crippen molar-refractivity contribution in [2.75, 3.05) is 6.61 Å². The van der Waals surface area contributed by atoms with Gasteiger partial charge in [0.2, 0.25) is 0 Å². The van der Waals surface area contributed by atoms with Crippen LogP contribution in [0.1, 0.15) is 34.1 Å². The zero-order valence-corrected chi connectivity index (χ0v) is 9.16. The van der Waals surface area contributed by atoms with Crippen LogP contribution in [0.4, 0.5) is 0 Å². The Bertz CT molecular complexity index is 215. The summed E-state index contributed by atoms with van der Waals surface area (Å²) in [6, 6.07) is 0. The molecule has 0 amide bonds. The molecule has 0 spiro atoms. The zero-order chi connectivity index (χ0) is 11.4. The minimum Gasteiger partial charge on any atom is -0.463 e. The van der Waals surface area contributed by atoms with Crippen LogP contribution in [0.15, 0.2) is 0 Å². The number of ether oxygens (including phenoxy) is 1. The minimum atomic E-state index is -0.898. The monoisotopic (exact) mass is 202 g/mol. The minimum absolute atomic E-state index is 0.0246. The quantitative estimate of drug-likeness (QED) is 0.688. The first-order chi connectivity index (χ1) is 6.23. The Labute approximate surface area is 84.3 Å². The van der Waals surface area contributed by atoms with Crippen molar-refractivity contribution in [3.8, 4) is 0 Å². The van der Waals surface area contributed by atoms with Crippen molar-refractivity contribution in [1.29, 1.82) is 0 Å². The molecular formula is C10H18O4. The summed E-state index contributed by atoms with van der Waals surface area (Å²) in [5.74, 6) is -0.496. The van der Waals surface area contributed by atoms with Crippen LogP contribution in [0.2, 0.25) is 0 Å². The van der Waals surface area contributed by atoms with E-state index in [2.05, 4.69) is 4.74 Å². The number of esters is 1. The molecule has 1 unspecified atom stereocenters. The first kappa shape index (κ1) is 13.1. The van der Waals surface area contributed by atoms with Crippen LogP contribution < -0.4 is 0 Å². The highest BCUT2D eigenvalue weighted by Gasteiger charge is 2.23. The van der Waals surface area contributed by atoms with Gasteiger partial charge in [-0.05, 0) is 0 Å². The van der Waals surface area contributed by atoms with Gasteiger partial charge in [-0.1, -0.05) is 20.8 Å². The molecule has 0 aliphatic carbocycles. The van der Waals surface area contributed by atoms with Gasteiger partial charge < -0.3 is 9.84 Å². The zero-order valence-electron chi connectivity index (χ0n) is 9.16. The number of hydrogen-bond donors (Lipinski definition) is 1. The molecule has 4 heteroatoms. The predicted molar refractivity (Wildman–Crippen MR) is 51.7 cm³/mol. The van der Waals surface area contributed by atoms with E-state index in [4.69, 9.17) is 0 Å². The number of ketones is 1. The van der Waals surface area contributed by atoms with E-state index in [1.807, 2.05) is 0 Å². The third kappa shape index (κ3) is 5.70. The smallest absolute Gasteiger partial charge is 0.302 e. The number of carbonyl (C=O) groups excluding carboxylic acids is 2. The molecule has 0 saturated heterocycles. The topological polar surface area (TPSA) is 63.6 Å². The van der Waals surface area contributed by atoms with E-state index >= 15 is 0 Å². The average molecular weight is 202 g/mol. The summed E-state index contributed by atoms with van der Waals surface area (Å²) in [4.78, 5) is 21.8. The summed E-state index contributed by atoms with van der Waals surface area (Å²) in [7, 11) is 0. The normalized spacial score (nSPS) is 13.5. The highest BCUT2D eigenvalue weighted by atomic mass is 16.5. The van der Waals surface area contributed by atoms with Crippen molar-refractivity contribution >= 4 is 11.8 Å². The van der Waals surface area contributed by atoms with Crippen LogP contribution in [0, 0.1) is 5.41 Å². The Morgan fingerprint density at radius 2 is 1.86 bits per heavy atom. The molecule has 0 bridgehead atoms. The Kier molecular flexibility index (Phi) is 4.77. The molecule has 82 valence electrons. The molecule has 0 fully saturated rings. The van der Waals surface area contributed by atoms with Gasteiger partial charge in [-0.25, -0.2) is 0 Å². The van der Waals surface area contributed by atoms with Gasteiger partial charge in [0.25, 0.3) is 0 Å². The highest BCUT2D eigenvalue weighted by Crippen LogP contribution is 2.17. The second kappa shape index (κ2) is 5.10. The maximum Gasteiger partial charge on any atom is 0.302 e. The second-order valence-electron chi connectivity index (χ2n) is 4.33. The number of rotatable bonds is 4. The summed E-state index contributed by atoms with van der Waals surface area (Å²) in [6.45, 7) is 6.51. The fourth-order valence-corrected chi connectivity index (χ4v) is 0.793. The molecule has 0 aromatic rings. The first-order valence-electron chi connectivity index (χ1n) is 4.58. The highest BCUT2D eigenvalue weighted by molar-refractivity contribution is 5.84. The van der Waals surface area contributed by atoms with Gasteiger partial charge in [-0.3, -0.25) is 9.59 Å². The molecule has 1 atom stereocenters. The van der Waals surface area contributed by atoms with Gasteiger partial charge in [0.15, 0.2) is 0 Å². The van der Waals surface area contributed by atoms with E-state index in [1.165, 1.54) is 6.92 Å². The van der Waals surface area contributed by atoms with Crippen LogP contribution in [-0.4, -0.2) is 29.6 Å². The van der Waals surface area contributed by atoms with Crippen LogP contribution in [0.5, 0.6) is 0 Å². The van der Waals surface area contributed by atoms with Crippen LogP contribution in [0.25, 0.3) is 0 Å². The first-order valence-corrected chi connectivity index (χ1v) is 4.58. The molecular weight excluding hydrogens is 184 g/mol. The fourth-order valence-electron chi connectivity index (χ4n) is 0.793. The van der Waals surface area contributed by atoms with E-state index in [1.54, 1.807) is 20.8 Å². The van der Waals surface area contributed by atoms with Crippen LogP contribution in [-0.2, 0) is 14.3 Å². The lowest BCUT2D eigenvalue weighted by molar-refractivity contribution is -0.145. The number of aliphatic hydroxyl groups excluding tert-OH is 1. The van der Waals surface area contributed by atoms with Crippen molar-refractivity contribution in [3.63, 3.8) is 0 Å². The number of aliphatic hydroxyl groups is 1. The Morgan fingerprint density at radius 1 is 1.36 bits per heavy atom. The SMILES string of the molecule is CC(=O)OCC(O)CC(=O)C(C)(C)C. The van der Waals surface area contributed by atoms with Gasteiger partial charge in [0, 0.05) is 18.8 Å². The number of Topliss-reactive ketones (excluding diaryl/α,β-unsaturated/α-hetero) is 1. The van der Waals surface area contributed by atoms with E-state index < -0.39 is 17.5 Å².